The van der Waals surface area contributed by atoms with Gasteiger partial charge < -0.3 is 4.74 Å². The number of ether oxygens (including phenoxy) is 1. The van der Waals surface area contributed by atoms with Crippen LogP contribution in [0.1, 0.15) is 36.7 Å². The molecular formula is C14H19NO2. The Bertz CT molecular complexity index is 411. The van der Waals surface area contributed by atoms with E-state index in [0.717, 1.165) is 29.8 Å². The van der Waals surface area contributed by atoms with Crippen LogP contribution in [-0.2, 0) is 9.53 Å². The van der Waals surface area contributed by atoms with Crippen LogP contribution in [0.25, 0.3) is 6.08 Å². The normalized spacial score (nSPS) is 10.8. The standard InChI is InChI=1S/C14H19NO2/c1-4-5-10-17-14(16)9-8-13-7-6-11(2)15-12(13)3/h6-9H,4-5,10H2,1-3H3/b9-8+. The van der Waals surface area contributed by atoms with E-state index in [1.165, 1.54) is 6.08 Å². The Morgan fingerprint density at radius 2 is 2.18 bits per heavy atom. The third-order valence-electron chi connectivity index (χ3n) is 2.41. The largest absolute Gasteiger partial charge is 0.463 e. The minimum atomic E-state index is -0.293. The van der Waals surface area contributed by atoms with E-state index in [9.17, 15) is 4.79 Å². The van der Waals surface area contributed by atoms with Gasteiger partial charge in [-0.05, 0) is 38.0 Å². The monoisotopic (exact) mass is 233 g/mol. The van der Waals surface area contributed by atoms with E-state index < -0.39 is 0 Å². The summed E-state index contributed by atoms with van der Waals surface area (Å²) in [6, 6.07) is 3.88. The zero-order valence-electron chi connectivity index (χ0n) is 10.7. The summed E-state index contributed by atoms with van der Waals surface area (Å²) in [6.07, 6.45) is 5.13. The van der Waals surface area contributed by atoms with Crippen LogP contribution in [0.5, 0.6) is 0 Å². The number of esters is 1. The fourth-order valence-corrected chi connectivity index (χ4v) is 1.40. The van der Waals surface area contributed by atoms with Crippen molar-refractivity contribution in [1.29, 1.82) is 0 Å². The van der Waals surface area contributed by atoms with E-state index in [1.54, 1.807) is 6.08 Å². The Labute approximate surface area is 103 Å². The Kier molecular flexibility index (Phi) is 5.40. The number of hydrogen-bond acceptors (Lipinski definition) is 3. The molecule has 0 aliphatic carbocycles. The summed E-state index contributed by atoms with van der Waals surface area (Å²) in [5.74, 6) is -0.293. The van der Waals surface area contributed by atoms with Gasteiger partial charge in [-0.1, -0.05) is 19.4 Å². The second-order valence-electron chi connectivity index (χ2n) is 3.98. The molecule has 0 radical (unpaired) electrons. The molecule has 0 N–H and O–H groups in total. The molecule has 3 nitrogen and oxygen atoms in total. The van der Waals surface area contributed by atoms with Crippen molar-refractivity contribution in [2.75, 3.05) is 6.61 Å². The third kappa shape index (κ3) is 4.81. The number of hydrogen-bond donors (Lipinski definition) is 0. The van der Waals surface area contributed by atoms with Gasteiger partial charge in [-0.15, -0.1) is 0 Å². The predicted octanol–water partition coefficient (Wildman–Crippen LogP) is 3.05. The summed E-state index contributed by atoms with van der Waals surface area (Å²) in [5.41, 5.74) is 2.84. The highest BCUT2D eigenvalue weighted by molar-refractivity contribution is 5.87. The van der Waals surface area contributed by atoms with Crippen LogP contribution in [0.3, 0.4) is 0 Å². The van der Waals surface area contributed by atoms with Crippen LogP contribution in [0.4, 0.5) is 0 Å². The van der Waals surface area contributed by atoms with Gasteiger partial charge >= 0.3 is 5.97 Å². The van der Waals surface area contributed by atoms with Crippen molar-refractivity contribution in [2.45, 2.75) is 33.6 Å². The lowest BCUT2D eigenvalue weighted by molar-refractivity contribution is -0.137. The molecule has 0 bridgehead atoms. The maximum absolute atomic E-state index is 11.3. The molecule has 1 aromatic rings. The maximum Gasteiger partial charge on any atom is 0.330 e. The van der Waals surface area contributed by atoms with E-state index >= 15 is 0 Å². The quantitative estimate of drug-likeness (QED) is 0.446. The molecule has 0 spiro atoms. The molecule has 3 heteroatoms. The molecular weight excluding hydrogens is 214 g/mol. The highest BCUT2D eigenvalue weighted by Crippen LogP contribution is 2.08. The Balaban J connectivity index is 2.55. The highest BCUT2D eigenvalue weighted by Gasteiger charge is 1.99. The fourth-order valence-electron chi connectivity index (χ4n) is 1.40. The third-order valence-corrected chi connectivity index (χ3v) is 2.41. The van der Waals surface area contributed by atoms with Gasteiger partial charge in [0.25, 0.3) is 0 Å². The lowest BCUT2D eigenvalue weighted by Crippen LogP contribution is -2.01. The highest BCUT2D eigenvalue weighted by atomic mass is 16.5. The first-order chi connectivity index (χ1) is 8.13. The summed E-state index contributed by atoms with van der Waals surface area (Å²) < 4.78 is 5.02. The van der Waals surface area contributed by atoms with Gasteiger partial charge in [0.15, 0.2) is 0 Å². The number of pyridine rings is 1. The van der Waals surface area contributed by atoms with Crippen LogP contribution in [0, 0.1) is 13.8 Å². The summed E-state index contributed by atoms with van der Waals surface area (Å²) in [4.78, 5) is 15.7. The van der Waals surface area contributed by atoms with Crippen LogP contribution in [-0.4, -0.2) is 17.6 Å². The van der Waals surface area contributed by atoms with Crippen LogP contribution in [0.15, 0.2) is 18.2 Å². The number of carbonyl (C=O) groups is 1. The number of rotatable bonds is 5. The SMILES string of the molecule is CCCCOC(=O)/C=C/c1ccc(C)nc1C. The minimum absolute atomic E-state index is 0.293. The first kappa shape index (κ1) is 13.4. The number of aromatic nitrogens is 1. The zero-order chi connectivity index (χ0) is 12.7. The van der Waals surface area contributed by atoms with Gasteiger partial charge in [0.2, 0.25) is 0 Å². The first-order valence-corrected chi connectivity index (χ1v) is 5.92. The van der Waals surface area contributed by atoms with Gasteiger partial charge in [-0.25, -0.2) is 4.79 Å². The molecule has 0 aliphatic rings. The van der Waals surface area contributed by atoms with Gasteiger partial charge in [0.05, 0.1) is 6.61 Å². The molecule has 0 saturated heterocycles. The van der Waals surface area contributed by atoms with Gasteiger partial charge in [-0.2, -0.15) is 0 Å². The first-order valence-electron chi connectivity index (χ1n) is 5.92. The maximum atomic E-state index is 11.3. The number of carbonyl (C=O) groups excluding carboxylic acids is 1. The Morgan fingerprint density at radius 3 is 2.82 bits per heavy atom. The Hall–Kier alpha value is -1.64. The summed E-state index contributed by atoms with van der Waals surface area (Å²) in [5, 5.41) is 0. The molecule has 0 amide bonds. The van der Waals surface area contributed by atoms with Crippen molar-refractivity contribution in [2.24, 2.45) is 0 Å². The molecule has 1 heterocycles. The minimum Gasteiger partial charge on any atom is -0.463 e. The van der Waals surface area contributed by atoms with Crippen molar-refractivity contribution in [3.63, 3.8) is 0 Å². The molecule has 0 fully saturated rings. The second kappa shape index (κ2) is 6.84. The fraction of sp³-hybridized carbons (Fsp3) is 0.429. The molecule has 0 saturated carbocycles. The van der Waals surface area contributed by atoms with E-state index in [4.69, 9.17) is 4.74 Å². The van der Waals surface area contributed by atoms with Gasteiger partial charge in [0, 0.05) is 17.5 Å². The van der Waals surface area contributed by atoms with E-state index in [1.807, 2.05) is 26.0 Å². The van der Waals surface area contributed by atoms with Gasteiger partial charge in [0.1, 0.15) is 0 Å². The Morgan fingerprint density at radius 1 is 1.41 bits per heavy atom. The summed E-state index contributed by atoms with van der Waals surface area (Å²) in [7, 11) is 0. The zero-order valence-corrected chi connectivity index (χ0v) is 10.7. The summed E-state index contributed by atoms with van der Waals surface area (Å²) in [6.45, 7) is 6.42. The molecule has 0 atom stereocenters. The number of nitrogens with zero attached hydrogens (tertiary/aromatic N) is 1. The van der Waals surface area contributed by atoms with Crippen LogP contribution < -0.4 is 0 Å². The lowest BCUT2D eigenvalue weighted by atomic mass is 10.2. The lowest BCUT2D eigenvalue weighted by Gasteiger charge is -2.01. The van der Waals surface area contributed by atoms with Gasteiger partial charge in [-0.3, -0.25) is 4.98 Å². The van der Waals surface area contributed by atoms with E-state index in [-0.39, 0.29) is 5.97 Å². The average molecular weight is 233 g/mol. The molecule has 17 heavy (non-hydrogen) atoms. The van der Waals surface area contributed by atoms with E-state index in [0.29, 0.717) is 6.61 Å². The molecule has 0 aromatic carbocycles. The van der Waals surface area contributed by atoms with Crippen molar-refractivity contribution in [3.8, 4) is 0 Å². The molecule has 92 valence electrons. The van der Waals surface area contributed by atoms with Crippen LogP contribution >= 0.6 is 0 Å². The summed E-state index contributed by atoms with van der Waals surface area (Å²) >= 11 is 0. The van der Waals surface area contributed by atoms with Crippen molar-refractivity contribution >= 4 is 12.0 Å². The molecule has 1 aromatic heterocycles. The van der Waals surface area contributed by atoms with Crippen molar-refractivity contribution in [3.05, 3.63) is 35.2 Å². The second-order valence-corrected chi connectivity index (χ2v) is 3.98. The van der Waals surface area contributed by atoms with E-state index in [2.05, 4.69) is 11.9 Å². The smallest absolute Gasteiger partial charge is 0.330 e. The molecule has 0 aliphatic heterocycles. The molecule has 1 rings (SSSR count). The number of unbranched alkanes of at least 4 members (excludes halogenated alkanes) is 1. The molecule has 0 unspecified atom stereocenters. The topological polar surface area (TPSA) is 39.2 Å². The van der Waals surface area contributed by atoms with Crippen LogP contribution in [0.2, 0.25) is 0 Å². The average Bonchev–Trinajstić information content (AvgIpc) is 2.28. The predicted molar refractivity (Wildman–Crippen MR) is 68.6 cm³/mol. The van der Waals surface area contributed by atoms with Crippen molar-refractivity contribution in [1.82, 2.24) is 4.98 Å². The van der Waals surface area contributed by atoms with Crippen molar-refractivity contribution < 1.29 is 9.53 Å². The number of aryl methyl sites for hydroxylation is 2.